The molecule has 6 heteroatoms. The van der Waals surface area contributed by atoms with E-state index in [0.29, 0.717) is 6.54 Å². The van der Waals surface area contributed by atoms with Crippen LogP contribution in [0.25, 0.3) is 0 Å². The second-order valence-corrected chi connectivity index (χ2v) is 4.69. The molecule has 0 radical (unpaired) electrons. The average molecular weight is 194 g/mol. The van der Waals surface area contributed by atoms with Crippen LogP contribution in [0.1, 0.15) is 13.3 Å². The van der Waals surface area contributed by atoms with Gasteiger partial charge in [-0.3, -0.25) is 4.84 Å². The fourth-order valence-electron chi connectivity index (χ4n) is 0.929. The summed E-state index contributed by atoms with van der Waals surface area (Å²) in [7, 11) is -3.21. The normalized spacial score (nSPS) is 24.6. The summed E-state index contributed by atoms with van der Waals surface area (Å²) in [4.78, 5) is 7.04. The molecule has 1 aliphatic rings. The minimum Gasteiger partial charge on any atom is -0.314 e. The molecular formula is C6H14N2O3S. The van der Waals surface area contributed by atoms with Crippen LogP contribution in [0.15, 0.2) is 0 Å². The van der Waals surface area contributed by atoms with Gasteiger partial charge in [0.2, 0.25) is 10.0 Å². The Kier molecular flexibility index (Phi) is 3.45. The number of hydrogen-bond donors (Lipinski definition) is 2. The number of hydrogen-bond acceptors (Lipinski definition) is 4. The SMILES string of the molecule is CCS(=O)(=O)NOC1CCNC1. The van der Waals surface area contributed by atoms with E-state index in [0.717, 1.165) is 13.0 Å². The Bertz CT molecular complexity index is 221. The van der Waals surface area contributed by atoms with E-state index in [4.69, 9.17) is 4.84 Å². The van der Waals surface area contributed by atoms with E-state index in [1.54, 1.807) is 6.92 Å². The van der Waals surface area contributed by atoms with Crippen LogP contribution in [-0.2, 0) is 14.9 Å². The molecule has 12 heavy (non-hydrogen) atoms. The van der Waals surface area contributed by atoms with Gasteiger partial charge in [0.25, 0.3) is 0 Å². The lowest BCUT2D eigenvalue weighted by Crippen LogP contribution is -2.31. The molecule has 5 nitrogen and oxygen atoms in total. The van der Waals surface area contributed by atoms with Gasteiger partial charge in [-0.25, -0.2) is 8.42 Å². The predicted octanol–water partition coefficient (Wildman–Crippen LogP) is -0.781. The molecule has 1 fully saturated rings. The molecule has 1 heterocycles. The average Bonchev–Trinajstić information content (AvgIpc) is 2.53. The minimum absolute atomic E-state index is 0.0219. The third kappa shape index (κ3) is 3.06. The summed E-state index contributed by atoms with van der Waals surface area (Å²) >= 11 is 0. The highest BCUT2D eigenvalue weighted by Gasteiger charge is 2.17. The van der Waals surface area contributed by atoms with E-state index < -0.39 is 10.0 Å². The number of sulfonamides is 1. The molecule has 0 spiro atoms. The Hall–Kier alpha value is -0.170. The van der Waals surface area contributed by atoms with Crippen molar-refractivity contribution in [3.8, 4) is 0 Å². The quantitative estimate of drug-likeness (QED) is 0.576. The van der Waals surface area contributed by atoms with Crippen LogP contribution in [0.4, 0.5) is 0 Å². The Morgan fingerprint density at radius 1 is 1.67 bits per heavy atom. The van der Waals surface area contributed by atoms with Crippen molar-refractivity contribution < 1.29 is 13.3 Å². The van der Waals surface area contributed by atoms with Gasteiger partial charge >= 0.3 is 0 Å². The predicted molar refractivity (Wildman–Crippen MR) is 45.0 cm³/mol. The van der Waals surface area contributed by atoms with Crippen molar-refractivity contribution in [1.29, 1.82) is 0 Å². The molecule has 0 aromatic carbocycles. The summed E-state index contributed by atoms with van der Waals surface area (Å²) in [5.74, 6) is 0.0488. The Balaban J connectivity index is 2.25. The van der Waals surface area contributed by atoms with Gasteiger partial charge in [0.15, 0.2) is 0 Å². The third-order valence-corrected chi connectivity index (χ3v) is 2.85. The molecule has 72 valence electrons. The monoisotopic (exact) mass is 194 g/mol. The highest BCUT2D eigenvalue weighted by atomic mass is 32.2. The summed E-state index contributed by atoms with van der Waals surface area (Å²) in [5, 5.41) is 3.07. The van der Waals surface area contributed by atoms with Crippen molar-refractivity contribution in [3.05, 3.63) is 0 Å². The van der Waals surface area contributed by atoms with E-state index in [1.807, 2.05) is 0 Å². The van der Waals surface area contributed by atoms with Gasteiger partial charge in [-0.1, -0.05) is 4.89 Å². The van der Waals surface area contributed by atoms with Crippen LogP contribution in [0.3, 0.4) is 0 Å². The van der Waals surface area contributed by atoms with Crippen LogP contribution < -0.4 is 10.2 Å². The summed E-state index contributed by atoms with van der Waals surface area (Å²) < 4.78 is 21.8. The van der Waals surface area contributed by atoms with E-state index in [-0.39, 0.29) is 11.9 Å². The van der Waals surface area contributed by atoms with Crippen molar-refractivity contribution in [1.82, 2.24) is 10.2 Å². The Morgan fingerprint density at radius 2 is 2.42 bits per heavy atom. The van der Waals surface area contributed by atoms with Gasteiger partial charge in [-0.15, -0.1) is 0 Å². The number of rotatable bonds is 4. The van der Waals surface area contributed by atoms with Crippen LogP contribution in [0.5, 0.6) is 0 Å². The minimum atomic E-state index is -3.21. The molecule has 1 aliphatic heterocycles. The molecule has 0 aromatic rings. The first-order chi connectivity index (χ1) is 5.64. The van der Waals surface area contributed by atoms with Crippen molar-refractivity contribution in [2.45, 2.75) is 19.4 Å². The fourth-order valence-corrected chi connectivity index (χ4v) is 1.33. The maximum Gasteiger partial charge on any atom is 0.233 e. The van der Waals surface area contributed by atoms with Crippen molar-refractivity contribution >= 4 is 10.0 Å². The first-order valence-corrected chi connectivity index (χ1v) is 5.65. The zero-order valence-corrected chi connectivity index (χ0v) is 7.86. The van der Waals surface area contributed by atoms with Crippen molar-refractivity contribution in [3.63, 3.8) is 0 Å². The molecule has 2 N–H and O–H groups in total. The van der Waals surface area contributed by atoms with Gasteiger partial charge in [0.05, 0.1) is 11.9 Å². The summed E-state index contributed by atoms with van der Waals surface area (Å²) in [6.45, 7) is 3.17. The van der Waals surface area contributed by atoms with Gasteiger partial charge in [0, 0.05) is 6.54 Å². The maximum atomic E-state index is 10.9. The summed E-state index contributed by atoms with van der Waals surface area (Å²) in [6, 6.07) is 0. The van der Waals surface area contributed by atoms with Gasteiger partial charge in [-0.05, 0) is 19.9 Å². The molecule has 0 saturated carbocycles. The van der Waals surface area contributed by atoms with Gasteiger partial charge < -0.3 is 5.32 Å². The molecule has 1 saturated heterocycles. The van der Waals surface area contributed by atoms with E-state index >= 15 is 0 Å². The third-order valence-electron chi connectivity index (χ3n) is 1.74. The highest BCUT2D eigenvalue weighted by Crippen LogP contribution is 2.01. The second kappa shape index (κ2) is 4.18. The molecule has 0 aliphatic carbocycles. The smallest absolute Gasteiger partial charge is 0.233 e. The fraction of sp³-hybridized carbons (Fsp3) is 1.00. The van der Waals surface area contributed by atoms with Crippen LogP contribution >= 0.6 is 0 Å². The topological polar surface area (TPSA) is 67.4 Å². The van der Waals surface area contributed by atoms with Crippen LogP contribution in [0, 0.1) is 0 Å². The standard InChI is InChI=1S/C6H14N2O3S/c1-2-12(9,10)8-11-6-3-4-7-5-6/h6-8H,2-5H2,1H3. The molecule has 1 rings (SSSR count). The second-order valence-electron chi connectivity index (χ2n) is 2.72. The zero-order chi connectivity index (χ0) is 9.03. The van der Waals surface area contributed by atoms with E-state index in [1.165, 1.54) is 0 Å². The lowest BCUT2D eigenvalue weighted by atomic mass is 10.3. The van der Waals surface area contributed by atoms with Crippen molar-refractivity contribution in [2.75, 3.05) is 18.8 Å². The molecule has 0 bridgehead atoms. The van der Waals surface area contributed by atoms with E-state index in [9.17, 15) is 8.42 Å². The Morgan fingerprint density at radius 3 is 2.92 bits per heavy atom. The molecule has 1 unspecified atom stereocenters. The first kappa shape index (κ1) is 9.91. The lowest BCUT2D eigenvalue weighted by Gasteiger charge is -2.09. The van der Waals surface area contributed by atoms with Gasteiger partial charge in [-0.2, -0.15) is 0 Å². The van der Waals surface area contributed by atoms with Crippen LogP contribution in [0.2, 0.25) is 0 Å². The summed E-state index contributed by atoms with van der Waals surface area (Å²) in [6.07, 6.45) is 0.831. The van der Waals surface area contributed by atoms with Crippen molar-refractivity contribution in [2.24, 2.45) is 0 Å². The first-order valence-electron chi connectivity index (χ1n) is 4.00. The number of nitrogens with one attached hydrogen (secondary N) is 2. The molecule has 0 aromatic heterocycles. The summed E-state index contributed by atoms with van der Waals surface area (Å²) in [5.41, 5.74) is 0. The molecular weight excluding hydrogens is 180 g/mol. The molecule has 0 amide bonds. The zero-order valence-electron chi connectivity index (χ0n) is 7.04. The maximum absolute atomic E-state index is 10.9. The van der Waals surface area contributed by atoms with E-state index in [2.05, 4.69) is 10.2 Å². The highest BCUT2D eigenvalue weighted by molar-refractivity contribution is 7.89. The largest absolute Gasteiger partial charge is 0.314 e. The lowest BCUT2D eigenvalue weighted by molar-refractivity contribution is 0.0304. The molecule has 1 atom stereocenters. The van der Waals surface area contributed by atoms with Gasteiger partial charge in [0.1, 0.15) is 0 Å². The Labute approximate surface area is 72.5 Å². The van der Waals surface area contributed by atoms with Crippen LogP contribution in [-0.4, -0.2) is 33.4 Å².